The first-order chi connectivity index (χ1) is 6.11. The van der Waals surface area contributed by atoms with Gasteiger partial charge in [0, 0.05) is 10.8 Å². The van der Waals surface area contributed by atoms with Crippen molar-refractivity contribution >= 4 is 28.5 Å². The Morgan fingerprint density at radius 1 is 1.14 bits per heavy atom. The molecule has 1 aromatic rings. The van der Waals surface area contributed by atoms with E-state index in [1.54, 1.807) is 0 Å². The first kappa shape index (κ1) is 11.1. The Kier molecular flexibility index (Phi) is 2.90. The van der Waals surface area contributed by atoms with Gasteiger partial charge >= 0.3 is 0 Å². The topological polar surface area (TPSA) is 29.4 Å². The summed E-state index contributed by atoms with van der Waals surface area (Å²) < 4.78 is 0. The SMILES string of the molecule is Br.CC1=c2c(C)c(C)ccc2=NC1=O. The van der Waals surface area contributed by atoms with Crippen LogP contribution in [0.4, 0.5) is 0 Å². The highest BCUT2D eigenvalue weighted by atomic mass is 79.9. The molecule has 1 heterocycles. The molecule has 0 unspecified atom stereocenters. The number of benzene rings is 1. The molecule has 0 aromatic heterocycles. The molecule has 1 aromatic carbocycles. The smallest absolute Gasteiger partial charge is 0.267 e. The van der Waals surface area contributed by atoms with Crippen molar-refractivity contribution in [1.29, 1.82) is 0 Å². The third-order valence-corrected chi connectivity index (χ3v) is 2.63. The molecule has 74 valence electrons. The molecule has 14 heavy (non-hydrogen) atoms. The number of halogens is 1. The Hall–Kier alpha value is -0.960. The van der Waals surface area contributed by atoms with Crippen LogP contribution in [0.3, 0.4) is 0 Å². The lowest BCUT2D eigenvalue weighted by atomic mass is 10.0. The summed E-state index contributed by atoms with van der Waals surface area (Å²) in [6.07, 6.45) is 0. The van der Waals surface area contributed by atoms with Crippen LogP contribution in [0.1, 0.15) is 18.1 Å². The van der Waals surface area contributed by atoms with Crippen LogP contribution in [0.15, 0.2) is 17.1 Å². The zero-order valence-corrected chi connectivity index (χ0v) is 10.1. The fourth-order valence-corrected chi connectivity index (χ4v) is 1.67. The summed E-state index contributed by atoms with van der Waals surface area (Å²) in [7, 11) is 0. The number of aryl methyl sites for hydroxylation is 1. The van der Waals surface area contributed by atoms with E-state index in [0.29, 0.717) is 0 Å². The second-order valence-corrected chi connectivity index (χ2v) is 3.44. The van der Waals surface area contributed by atoms with Crippen molar-refractivity contribution in [3.8, 4) is 0 Å². The fourth-order valence-electron chi connectivity index (χ4n) is 1.67. The van der Waals surface area contributed by atoms with Gasteiger partial charge in [-0.2, -0.15) is 0 Å². The molecule has 1 aliphatic rings. The molecule has 0 N–H and O–H groups in total. The quantitative estimate of drug-likeness (QED) is 0.684. The van der Waals surface area contributed by atoms with Gasteiger partial charge in [0.15, 0.2) is 0 Å². The van der Waals surface area contributed by atoms with Crippen molar-refractivity contribution < 1.29 is 4.79 Å². The maximum atomic E-state index is 11.3. The summed E-state index contributed by atoms with van der Waals surface area (Å²) in [5.74, 6) is -0.0938. The van der Waals surface area contributed by atoms with E-state index in [0.717, 1.165) is 16.1 Å². The van der Waals surface area contributed by atoms with Crippen LogP contribution in [0.25, 0.3) is 5.57 Å². The molecule has 0 saturated carbocycles. The van der Waals surface area contributed by atoms with Crippen molar-refractivity contribution in [3.63, 3.8) is 0 Å². The molecule has 0 atom stereocenters. The Balaban J connectivity index is 0.000000980. The monoisotopic (exact) mass is 253 g/mol. The normalized spacial score (nSPS) is 13.4. The van der Waals surface area contributed by atoms with Gasteiger partial charge in [-0.3, -0.25) is 4.79 Å². The van der Waals surface area contributed by atoms with Crippen molar-refractivity contribution in [2.45, 2.75) is 20.8 Å². The zero-order chi connectivity index (χ0) is 9.59. The molecule has 0 radical (unpaired) electrons. The maximum absolute atomic E-state index is 11.3. The van der Waals surface area contributed by atoms with Crippen LogP contribution >= 0.6 is 17.0 Å². The maximum Gasteiger partial charge on any atom is 0.273 e. The number of amides is 1. The largest absolute Gasteiger partial charge is 0.273 e. The standard InChI is InChI=1S/C11H11NO.BrH/c1-6-4-5-9-10(7(6)2)8(3)11(13)12-9;/h4-5H,1-3H3;1H. The molecule has 1 aliphatic heterocycles. The van der Waals surface area contributed by atoms with Crippen LogP contribution in [0.2, 0.25) is 0 Å². The number of carbonyl (C=O) groups is 1. The predicted molar refractivity (Wildman–Crippen MR) is 61.1 cm³/mol. The first-order valence-electron chi connectivity index (χ1n) is 4.31. The van der Waals surface area contributed by atoms with Crippen LogP contribution in [0, 0.1) is 13.8 Å². The van der Waals surface area contributed by atoms with Gasteiger partial charge in [0.25, 0.3) is 5.91 Å². The van der Waals surface area contributed by atoms with Gasteiger partial charge < -0.3 is 0 Å². The Labute approximate surface area is 93.1 Å². The fraction of sp³-hybridized carbons (Fsp3) is 0.273. The average molecular weight is 254 g/mol. The van der Waals surface area contributed by atoms with E-state index < -0.39 is 0 Å². The second-order valence-electron chi connectivity index (χ2n) is 3.44. The Bertz CT molecular complexity index is 517. The van der Waals surface area contributed by atoms with Gasteiger partial charge in [0.1, 0.15) is 0 Å². The number of fused-ring (bicyclic) bond motifs is 1. The van der Waals surface area contributed by atoms with Crippen LogP contribution in [-0.4, -0.2) is 5.91 Å². The van der Waals surface area contributed by atoms with Gasteiger partial charge in [-0.1, -0.05) is 6.07 Å². The molecular weight excluding hydrogens is 242 g/mol. The van der Waals surface area contributed by atoms with Crippen molar-refractivity contribution in [2.24, 2.45) is 4.99 Å². The molecule has 0 spiro atoms. The number of rotatable bonds is 0. The van der Waals surface area contributed by atoms with Gasteiger partial charge in [-0.15, -0.1) is 17.0 Å². The summed E-state index contributed by atoms with van der Waals surface area (Å²) in [5.41, 5.74) is 3.16. The predicted octanol–water partition coefficient (Wildman–Crippen LogP) is 1.21. The van der Waals surface area contributed by atoms with E-state index in [4.69, 9.17) is 0 Å². The van der Waals surface area contributed by atoms with Gasteiger partial charge in [0.05, 0.1) is 5.36 Å². The second kappa shape index (κ2) is 3.65. The van der Waals surface area contributed by atoms with E-state index in [1.165, 1.54) is 11.1 Å². The summed E-state index contributed by atoms with van der Waals surface area (Å²) in [6.45, 7) is 5.92. The van der Waals surface area contributed by atoms with Crippen molar-refractivity contribution in [2.75, 3.05) is 0 Å². The van der Waals surface area contributed by atoms with Gasteiger partial charge in [-0.05, 0) is 38.0 Å². The number of nitrogens with zero attached hydrogens (tertiary/aromatic N) is 1. The molecule has 3 heteroatoms. The zero-order valence-electron chi connectivity index (χ0n) is 8.42. The molecule has 1 amide bonds. The molecule has 2 rings (SSSR count). The van der Waals surface area contributed by atoms with Gasteiger partial charge in [0.2, 0.25) is 0 Å². The minimum absolute atomic E-state index is 0. The third-order valence-electron chi connectivity index (χ3n) is 2.63. The first-order valence-corrected chi connectivity index (χ1v) is 4.31. The Morgan fingerprint density at radius 2 is 1.79 bits per heavy atom. The van der Waals surface area contributed by atoms with Crippen LogP contribution in [0.5, 0.6) is 0 Å². The molecule has 0 saturated heterocycles. The van der Waals surface area contributed by atoms with Crippen molar-refractivity contribution in [1.82, 2.24) is 0 Å². The lowest BCUT2D eigenvalue weighted by molar-refractivity contribution is -0.112. The van der Waals surface area contributed by atoms with E-state index in [-0.39, 0.29) is 22.9 Å². The minimum Gasteiger partial charge on any atom is -0.267 e. The van der Waals surface area contributed by atoms with Gasteiger partial charge in [-0.25, -0.2) is 4.99 Å². The van der Waals surface area contributed by atoms with E-state index in [1.807, 2.05) is 32.9 Å². The lowest BCUT2D eigenvalue weighted by Gasteiger charge is -1.98. The van der Waals surface area contributed by atoms with E-state index in [9.17, 15) is 4.79 Å². The molecule has 0 aliphatic carbocycles. The van der Waals surface area contributed by atoms with Crippen LogP contribution < -0.4 is 10.6 Å². The summed E-state index contributed by atoms with van der Waals surface area (Å²) in [5, 5.41) is 1.86. The summed E-state index contributed by atoms with van der Waals surface area (Å²) in [4.78, 5) is 15.2. The highest BCUT2D eigenvalue weighted by Crippen LogP contribution is 2.03. The van der Waals surface area contributed by atoms with Crippen molar-refractivity contribution in [3.05, 3.63) is 33.8 Å². The number of hydrogen-bond donors (Lipinski definition) is 0. The average Bonchev–Trinajstić information content (AvgIpc) is 2.37. The van der Waals surface area contributed by atoms with Crippen LogP contribution in [-0.2, 0) is 4.79 Å². The lowest BCUT2D eigenvalue weighted by Crippen LogP contribution is -2.26. The Morgan fingerprint density at radius 3 is 2.43 bits per heavy atom. The molecule has 0 bridgehead atoms. The third kappa shape index (κ3) is 1.42. The molecular formula is C11H12BrNO. The van der Waals surface area contributed by atoms with E-state index in [2.05, 4.69) is 4.99 Å². The number of carbonyl (C=O) groups excluding carboxylic acids is 1. The highest BCUT2D eigenvalue weighted by molar-refractivity contribution is 8.93. The highest BCUT2D eigenvalue weighted by Gasteiger charge is 2.13. The number of hydrogen-bond acceptors (Lipinski definition) is 1. The summed E-state index contributed by atoms with van der Waals surface area (Å²) in [6, 6.07) is 3.91. The summed E-state index contributed by atoms with van der Waals surface area (Å²) >= 11 is 0. The molecule has 2 nitrogen and oxygen atoms in total. The van der Waals surface area contributed by atoms with E-state index >= 15 is 0 Å². The minimum atomic E-state index is -0.0938. The molecule has 0 fully saturated rings.